The minimum absolute atomic E-state index is 0.143. The first-order chi connectivity index (χ1) is 18.1. The number of imide groups is 1. The molecule has 0 spiro atoms. The molecule has 3 aliphatic carbocycles. The third-order valence-electron chi connectivity index (χ3n) is 8.02. The molecular weight excluding hydrogens is 462 g/mol. The Kier molecular flexibility index (Phi) is 4.86. The maximum atomic E-state index is 13.9. The highest BCUT2D eigenvalue weighted by Gasteiger charge is 2.61. The molecule has 1 saturated heterocycles. The number of carbonyl (C=O) groups excluding carboxylic acids is 3. The van der Waals surface area contributed by atoms with Gasteiger partial charge in [-0.1, -0.05) is 78.9 Å². The first-order valence-electron chi connectivity index (χ1n) is 12.5. The van der Waals surface area contributed by atoms with Gasteiger partial charge in [0.2, 0.25) is 11.8 Å². The number of nitrogens with zero attached hydrogens (tertiary/aromatic N) is 1. The molecule has 2 bridgehead atoms. The minimum atomic E-state index is -0.452. The lowest BCUT2D eigenvalue weighted by atomic mass is 9.55. The summed E-state index contributed by atoms with van der Waals surface area (Å²) >= 11 is 0. The van der Waals surface area contributed by atoms with Gasteiger partial charge in [-0.2, -0.15) is 0 Å². The highest BCUT2D eigenvalue weighted by atomic mass is 16.5. The number of amides is 2. The summed E-state index contributed by atoms with van der Waals surface area (Å²) < 4.78 is 5.42. The van der Waals surface area contributed by atoms with Crippen LogP contribution < -0.4 is 4.90 Å². The maximum absolute atomic E-state index is 13.9. The fraction of sp³-hybridized carbons (Fsp3) is 0.156. The average molecular weight is 486 g/mol. The van der Waals surface area contributed by atoms with Gasteiger partial charge in [0, 0.05) is 11.8 Å². The number of anilines is 1. The van der Waals surface area contributed by atoms with Gasteiger partial charge in [-0.3, -0.25) is 9.59 Å². The Morgan fingerprint density at radius 1 is 0.622 bits per heavy atom. The van der Waals surface area contributed by atoms with Crippen LogP contribution >= 0.6 is 0 Å². The van der Waals surface area contributed by atoms with Crippen LogP contribution in [-0.2, 0) is 20.9 Å². The standard InChI is InChI=1S/C32H23NO4/c34-30-28-26-22-10-4-5-11-23(22)27(25-13-7-6-12-24(25)26)29(28)31(35)33(30)21-16-14-20(15-17-21)32(36)37-18-19-8-2-1-3-9-19/h1-17,26-29H,18H2/t26?,27?,28-,29-/m0/s1. The number of benzene rings is 4. The van der Waals surface area contributed by atoms with Gasteiger partial charge in [0.1, 0.15) is 6.61 Å². The molecule has 4 aliphatic rings. The second-order valence-corrected chi connectivity index (χ2v) is 9.89. The van der Waals surface area contributed by atoms with Crippen molar-refractivity contribution in [1.29, 1.82) is 0 Å². The van der Waals surface area contributed by atoms with Crippen LogP contribution in [0.15, 0.2) is 103 Å². The van der Waals surface area contributed by atoms with Crippen LogP contribution in [0, 0.1) is 11.8 Å². The number of hydrogen-bond donors (Lipinski definition) is 0. The molecule has 0 saturated carbocycles. The van der Waals surface area contributed by atoms with E-state index in [1.807, 2.05) is 54.6 Å². The third kappa shape index (κ3) is 3.20. The van der Waals surface area contributed by atoms with E-state index in [9.17, 15) is 14.4 Å². The zero-order valence-corrected chi connectivity index (χ0v) is 19.9. The van der Waals surface area contributed by atoms with Crippen LogP contribution in [0.4, 0.5) is 5.69 Å². The number of hydrogen-bond acceptors (Lipinski definition) is 4. The van der Waals surface area contributed by atoms with Gasteiger partial charge in [-0.05, 0) is 52.1 Å². The van der Waals surface area contributed by atoms with Gasteiger partial charge in [0.05, 0.1) is 23.1 Å². The molecule has 1 aliphatic heterocycles. The molecule has 1 heterocycles. The van der Waals surface area contributed by atoms with Gasteiger partial charge in [0.15, 0.2) is 0 Å². The Labute approximate surface area is 214 Å². The van der Waals surface area contributed by atoms with Crippen LogP contribution in [0.25, 0.3) is 0 Å². The van der Waals surface area contributed by atoms with Gasteiger partial charge in [-0.25, -0.2) is 9.69 Å². The van der Waals surface area contributed by atoms with E-state index >= 15 is 0 Å². The molecule has 5 nitrogen and oxygen atoms in total. The van der Waals surface area contributed by atoms with Crippen LogP contribution in [0.5, 0.6) is 0 Å². The van der Waals surface area contributed by atoms with E-state index in [0.29, 0.717) is 11.3 Å². The largest absolute Gasteiger partial charge is 0.457 e. The van der Waals surface area contributed by atoms with Crippen molar-refractivity contribution in [2.45, 2.75) is 18.4 Å². The summed E-state index contributed by atoms with van der Waals surface area (Å²) in [5.74, 6) is -1.95. The van der Waals surface area contributed by atoms with E-state index in [-0.39, 0.29) is 30.3 Å². The molecule has 4 aromatic carbocycles. The Morgan fingerprint density at radius 3 is 1.57 bits per heavy atom. The van der Waals surface area contributed by atoms with Crippen molar-refractivity contribution in [3.05, 3.63) is 137 Å². The van der Waals surface area contributed by atoms with E-state index in [1.54, 1.807) is 24.3 Å². The summed E-state index contributed by atoms with van der Waals surface area (Å²) in [5.41, 5.74) is 6.34. The van der Waals surface area contributed by atoms with E-state index in [0.717, 1.165) is 27.8 Å². The van der Waals surface area contributed by atoms with Crippen LogP contribution in [0.2, 0.25) is 0 Å². The number of esters is 1. The Morgan fingerprint density at radius 2 is 1.08 bits per heavy atom. The first kappa shape index (κ1) is 21.7. The van der Waals surface area contributed by atoms with Gasteiger partial charge < -0.3 is 4.74 Å². The summed E-state index contributed by atoms with van der Waals surface area (Å²) in [7, 11) is 0. The Hall–Kier alpha value is -4.51. The van der Waals surface area contributed by atoms with Gasteiger partial charge in [0.25, 0.3) is 0 Å². The lowest BCUT2D eigenvalue weighted by Crippen LogP contribution is -2.41. The molecule has 8 rings (SSSR count). The van der Waals surface area contributed by atoms with Crippen molar-refractivity contribution < 1.29 is 19.1 Å². The predicted octanol–water partition coefficient (Wildman–Crippen LogP) is 5.44. The van der Waals surface area contributed by atoms with Crippen LogP contribution in [0.3, 0.4) is 0 Å². The lowest BCUT2D eigenvalue weighted by molar-refractivity contribution is -0.122. The smallest absolute Gasteiger partial charge is 0.338 e. The minimum Gasteiger partial charge on any atom is -0.457 e. The van der Waals surface area contributed by atoms with Crippen molar-refractivity contribution in [2.24, 2.45) is 11.8 Å². The second-order valence-electron chi connectivity index (χ2n) is 9.89. The molecule has 1 fully saturated rings. The van der Waals surface area contributed by atoms with Crippen molar-refractivity contribution in [2.75, 3.05) is 4.90 Å². The topological polar surface area (TPSA) is 63.7 Å². The quantitative estimate of drug-likeness (QED) is 0.285. The fourth-order valence-electron chi connectivity index (χ4n) is 6.48. The maximum Gasteiger partial charge on any atom is 0.338 e. The Balaban J connectivity index is 1.19. The van der Waals surface area contributed by atoms with E-state index in [4.69, 9.17) is 4.74 Å². The number of ether oxygens (including phenoxy) is 1. The second kappa shape index (κ2) is 8.27. The molecule has 5 heteroatoms. The Bertz CT molecular complexity index is 1440. The molecule has 2 amide bonds. The van der Waals surface area contributed by atoms with E-state index in [2.05, 4.69) is 24.3 Å². The normalized spacial score (nSPS) is 22.9. The number of carbonyl (C=O) groups is 3. The molecule has 4 aromatic rings. The monoisotopic (exact) mass is 485 g/mol. The summed E-state index contributed by atoms with van der Waals surface area (Å²) in [6, 6.07) is 32.4. The van der Waals surface area contributed by atoms with E-state index < -0.39 is 17.8 Å². The fourth-order valence-corrected chi connectivity index (χ4v) is 6.48. The van der Waals surface area contributed by atoms with Gasteiger partial charge >= 0.3 is 5.97 Å². The summed E-state index contributed by atoms with van der Waals surface area (Å²) in [6.07, 6.45) is 0. The predicted molar refractivity (Wildman–Crippen MR) is 138 cm³/mol. The van der Waals surface area contributed by atoms with Crippen LogP contribution in [-0.4, -0.2) is 17.8 Å². The van der Waals surface area contributed by atoms with Gasteiger partial charge in [-0.15, -0.1) is 0 Å². The van der Waals surface area contributed by atoms with E-state index in [1.165, 1.54) is 4.90 Å². The van der Waals surface area contributed by atoms with Crippen molar-refractivity contribution in [1.82, 2.24) is 0 Å². The average Bonchev–Trinajstić information content (AvgIpc) is 3.22. The van der Waals surface area contributed by atoms with Crippen LogP contribution in [0.1, 0.15) is 50.0 Å². The van der Waals surface area contributed by atoms with Crippen molar-refractivity contribution >= 4 is 23.5 Å². The first-order valence-corrected chi connectivity index (χ1v) is 12.5. The number of rotatable bonds is 4. The zero-order chi connectivity index (χ0) is 25.1. The molecule has 0 radical (unpaired) electrons. The summed E-state index contributed by atoms with van der Waals surface area (Å²) in [4.78, 5) is 41.6. The summed E-state index contributed by atoms with van der Waals surface area (Å²) in [6.45, 7) is 0.178. The molecule has 0 N–H and O–H groups in total. The third-order valence-corrected chi connectivity index (χ3v) is 8.02. The highest BCUT2D eigenvalue weighted by Crippen LogP contribution is 2.61. The molecule has 37 heavy (non-hydrogen) atoms. The zero-order valence-electron chi connectivity index (χ0n) is 19.9. The lowest BCUT2D eigenvalue weighted by Gasteiger charge is -2.45. The molecule has 0 aromatic heterocycles. The highest BCUT2D eigenvalue weighted by molar-refractivity contribution is 6.23. The molecule has 0 unspecified atom stereocenters. The van der Waals surface area contributed by atoms with Crippen molar-refractivity contribution in [3.63, 3.8) is 0 Å². The SMILES string of the molecule is O=C(OCc1ccccc1)c1ccc(N2C(=O)[C@H]3C4c5ccccc5C(c5ccccc54)[C@@H]3C2=O)cc1. The molecular formula is C32H23NO4. The summed E-state index contributed by atoms with van der Waals surface area (Å²) in [5, 5.41) is 0. The molecule has 2 atom stereocenters. The van der Waals surface area contributed by atoms with Crippen molar-refractivity contribution in [3.8, 4) is 0 Å². The molecule has 180 valence electrons.